The summed E-state index contributed by atoms with van der Waals surface area (Å²) >= 11 is 0. The van der Waals surface area contributed by atoms with Gasteiger partial charge in [0.2, 0.25) is 0 Å². The van der Waals surface area contributed by atoms with Crippen molar-refractivity contribution in [1.29, 1.82) is 0 Å². The van der Waals surface area contributed by atoms with Crippen LogP contribution in [-0.4, -0.2) is 45.8 Å². The molecule has 1 atom stereocenters. The van der Waals surface area contributed by atoms with E-state index < -0.39 is 0 Å². The molecule has 144 valence electrons. The van der Waals surface area contributed by atoms with Crippen LogP contribution in [0, 0.1) is 13.8 Å². The molecule has 0 aliphatic carbocycles. The van der Waals surface area contributed by atoms with Crippen molar-refractivity contribution in [2.75, 3.05) is 19.7 Å². The Balaban J connectivity index is 1.56. The van der Waals surface area contributed by atoms with Gasteiger partial charge in [-0.1, -0.05) is 11.2 Å². The summed E-state index contributed by atoms with van der Waals surface area (Å²) in [6, 6.07) is 12.0. The lowest BCUT2D eigenvalue weighted by Crippen LogP contribution is -2.42. The molecular weight excluding hydrogens is 358 g/mol. The van der Waals surface area contributed by atoms with E-state index in [1.807, 2.05) is 32.0 Å². The summed E-state index contributed by atoms with van der Waals surface area (Å²) in [4.78, 5) is 19.3. The number of amides is 1. The van der Waals surface area contributed by atoms with Crippen LogP contribution in [0.15, 0.2) is 47.0 Å². The highest BCUT2D eigenvalue weighted by Crippen LogP contribution is 2.28. The van der Waals surface area contributed by atoms with Crippen LogP contribution in [0.1, 0.15) is 33.6 Å². The average molecular weight is 379 g/mol. The Kier molecular flexibility index (Phi) is 4.83. The van der Waals surface area contributed by atoms with Crippen molar-refractivity contribution < 1.29 is 19.2 Å². The first kappa shape index (κ1) is 18.2. The quantitative estimate of drug-likeness (QED) is 0.751. The molecule has 4 rings (SSSR count). The van der Waals surface area contributed by atoms with E-state index in [1.54, 1.807) is 17.0 Å². The molecule has 0 bridgehead atoms. The number of morpholine rings is 1. The van der Waals surface area contributed by atoms with Gasteiger partial charge in [-0.25, -0.2) is 4.98 Å². The summed E-state index contributed by atoms with van der Waals surface area (Å²) in [5.41, 5.74) is 3.75. The fraction of sp³-hybridized carbons (Fsp3) is 0.286. The summed E-state index contributed by atoms with van der Waals surface area (Å²) in [6.07, 6.45) is -0.310. The average Bonchev–Trinajstić information content (AvgIpc) is 3.06. The number of aromatic hydroxyl groups is 1. The van der Waals surface area contributed by atoms with E-state index >= 15 is 0 Å². The third-order valence-electron chi connectivity index (χ3n) is 4.86. The minimum absolute atomic E-state index is 0.0878. The van der Waals surface area contributed by atoms with Crippen molar-refractivity contribution in [2.24, 2.45) is 0 Å². The number of aryl methyl sites for hydroxylation is 2. The third kappa shape index (κ3) is 3.48. The van der Waals surface area contributed by atoms with E-state index in [1.165, 1.54) is 12.1 Å². The molecule has 1 aliphatic heterocycles. The summed E-state index contributed by atoms with van der Waals surface area (Å²) in [5, 5.41) is 13.4. The first-order valence-corrected chi connectivity index (χ1v) is 9.13. The number of hydrogen-bond donors (Lipinski definition) is 1. The number of phenolic OH excluding ortho intramolecular Hbond substituents is 1. The van der Waals surface area contributed by atoms with Crippen molar-refractivity contribution in [2.45, 2.75) is 20.0 Å². The number of carbonyl (C=O) groups excluding carboxylic acids is 1. The molecule has 7 heteroatoms. The highest BCUT2D eigenvalue weighted by Gasteiger charge is 2.27. The second kappa shape index (κ2) is 7.44. The predicted molar refractivity (Wildman–Crippen MR) is 102 cm³/mol. The number of nitrogens with zero attached hydrogens (tertiary/aromatic N) is 3. The Morgan fingerprint density at radius 1 is 1.18 bits per heavy atom. The van der Waals surface area contributed by atoms with Crippen LogP contribution >= 0.6 is 0 Å². The Morgan fingerprint density at radius 2 is 1.96 bits per heavy atom. The smallest absolute Gasteiger partial charge is 0.254 e. The Hall–Kier alpha value is -3.19. The summed E-state index contributed by atoms with van der Waals surface area (Å²) < 4.78 is 11.1. The Morgan fingerprint density at radius 3 is 2.68 bits per heavy atom. The molecule has 0 spiro atoms. The fourth-order valence-corrected chi connectivity index (χ4v) is 3.42. The first-order chi connectivity index (χ1) is 13.5. The molecule has 7 nitrogen and oxygen atoms in total. The van der Waals surface area contributed by atoms with Crippen LogP contribution < -0.4 is 0 Å². The van der Waals surface area contributed by atoms with Crippen LogP contribution in [0.4, 0.5) is 0 Å². The van der Waals surface area contributed by atoms with Crippen LogP contribution in [0.5, 0.6) is 5.75 Å². The van der Waals surface area contributed by atoms with Gasteiger partial charge >= 0.3 is 0 Å². The minimum Gasteiger partial charge on any atom is -0.508 e. The zero-order valence-electron chi connectivity index (χ0n) is 15.8. The van der Waals surface area contributed by atoms with E-state index in [4.69, 9.17) is 14.2 Å². The van der Waals surface area contributed by atoms with E-state index in [9.17, 15) is 9.90 Å². The van der Waals surface area contributed by atoms with E-state index in [0.717, 1.165) is 28.4 Å². The summed E-state index contributed by atoms with van der Waals surface area (Å²) in [6.45, 7) is 5.11. The van der Waals surface area contributed by atoms with Gasteiger partial charge in [0.05, 0.1) is 35.8 Å². The molecule has 1 amide bonds. The maximum Gasteiger partial charge on any atom is 0.254 e. The summed E-state index contributed by atoms with van der Waals surface area (Å²) in [5.74, 6) is 0.766. The SMILES string of the molecule is Cc1noc(C)c1-c1cccc([C@@H]2CN(C(=O)c3ccc(O)cc3)CCO2)n1. The molecule has 0 unspecified atom stereocenters. The fourth-order valence-electron chi connectivity index (χ4n) is 3.42. The van der Waals surface area contributed by atoms with Gasteiger partial charge in [0.1, 0.15) is 17.6 Å². The second-order valence-corrected chi connectivity index (χ2v) is 6.80. The second-order valence-electron chi connectivity index (χ2n) is 6.80. The van der Waals surface area contributed by atoms with E-state index in [-0.39, 0.29) is 17.8 Å². The van der Waals surface area contributed by atoms with Crippen molar-refractivity contribution in [3.05, 3.63) is 65.2 Å². The molecule has 1 aliphatic rings. The number of carbonyl (C=O) groups is 1. The van der Waals surface area contributed by atoms with Crippen molar-refractivity contribution in [1.82, 2.24) is 15.0 Å². The van der Waals surface area contributed by atoms with Gasteiger partial charge in [0.25, 0.3) is 5.91 Å². The van der Waals surface area contributed by atoms with Gasteiger partial charge in [-0.05, 0) is 50.2 Å². The van der Waals surface area contributed by atoms with E-state index in [0.29, 0.717) is 25.3 Å². The molecule has 28 heavy (non-hydrogen) atoms. The molecule has 2 aromatic heterocycles. The van der Waals surface area contributed by atoms with Crippen LogP contribution in [0.25, 0.3) is 11.3 Å². The minimum atomic E-state index is -0.310. The Labute approximate surface area is 162 Å². The van der Waals surface area contributed by atoms with Gasteiger partial charge < -0.3 is 19.3 Å². The molecule has 1 fully saturated rings. The normalized spacial score (nSPS) is 16.9. The van der Waals surface area contributed by atoms with Gasteiger partial charge in [-0.15, -0.1) is 0 Å². The molecule has 0 saturated carbocycles. The highest BCUT2D eigenvalue weighted by molar-refractivity contribution is 5.94. The molecule has 3 heterocycles. The third-order valence-corrected chi connectivity index (χ3v) is 4.86. The molecule has 1 saturated heterocycles. The topological polar surface area (TPSA) is 88.7 Å². The highest BCUT2D eigenvalue weighted by atomic mass is 16.5. The maximum atomic E-state index is 12.8. The number of benzene rings is 1. The lowest BCUT2D eigenvalue weighted by molar-refractivity contribution is -0.0246. The molecule has 1 aromatic carbocycles. The zero-order chi connectivity index (χ0) is 19.7. The Bertz CT molecular complexity index is 978. The van der Waals surface area contributed by atoms with Gasteiger partial charge in [-0.2, -0.15) is 0 Å². The molecule has 1 N–H and O–H groups in total. The van der Waals surface area contributed by atoms with Crippen LogP contribution in [0.3, 0.4) is 0 Å². The van der Waals surface area contributed by atoms with Crippen molar-refractivity contribution >= 4 is 5.91 Å². The zero-order valence-corrected chi connectivity index (χ0v) is 15.8. The van der Waals surface area contributed by atoms with E-state index in [2.05, 4.69) is 5.16 Å². The predicted octanol–water partition coefficient (Wildman–Crippen LogP) is 3.27. The number of ether oxygens (including phenoxy) is 1. The number of hydrogen-bond acceptors (Lipinski definition) is 6. The lowest BCUT2D eigenvalue weighted by atomic mass is 10.1. The van der Waals surface area contributed by atoms with Gasteiger partial charge in [0.15, 0.2) is 0 Å². The standard InChI is InChI=1S/C21H21N3O4/c1-13-20(14(2)28-23-13)18-5-3-4-17(22-18)19-12-24(10-11-27-19)21(26)15-6-8-16(25)9-7-15/h3-9,19,25H,10-12H2,1-2H3/t19-/m0/s1. The molecular formula is C21H21N3O4. The lowest BCUT2D eigenvalue weighted by Gasteiger charge is -2.33. The first-order valence-electron chi connectivity index (χ1n) is 9.13. The molecule has 3 aromatic rings. The number of phenols is 1. The number of rotatable bonds is 3. The van der Waals surface area contributed by atoms with Crippen molar-refractivity contribution in [3.63, 3.8) is 0 Å². The summed E-state index contributed by atoms with van der Waals surface area (Å²) in [7, 11) is 0. The van der Waals surface area contributed by atoms with Crippen LogP contribution in [-0.2, 0) is 4.74 Å². The number of pyridine rings is 1. The van der Waals surface area contributed by atoms with Crippen molar-refractivity contribution in [3.8, 4) is 17.0 Å². The number of aromatic nitrogens is 2. The monoisotopic (exact) mass is 379 g/mol. The van der Waals surface area contributed by atoms with Crippen LogP contribution in [0.2, 0.25) is 0 Å². The maximum absolute atomic E-state index is 12.8. The van der Waals surface area contributed by atoms with Gasteiger partial charge in [0, 0.05) is 12.1 Å². The molecule has 0 radical (unpaired) electrons. The van der Waals surface area contributed by atoms with Gasteiger partial charge in [-0.3, -0.25) is 4.79 Å². The largest absolute Gasteiger partial charge is 0.508 e.